The van der Waals surface area contributed by atoms with Crippen LogP contribution in [0.2, 0.25) is 0 Å². The van der Waals surface area contributed by atoms with E-state index in [-0.39, 0.29) is 18.3 Å². The Bertz CT molecular complexity index is 286. The summed E-state index contributed by atoms with van der Waals surface area (Å²) in [5.74, 6) is 4.62. The van der Waals surface area contributed by atoms with Crippen LogP contribution in [0, 0.1) is 13.8 Å². The molecule has 0 atom stereocenters. The Kier molecular flexibility index (Phi) is 4.16. The normalized spacial score (nSPS) is 8.92. The van der Waals surface area contributed by atoms with E-state index in [1.165, 1.54) is 11.3 Å². The van der Waals surface area contributed by atoms with Gasteiger partial charge in [0.15, 0.2) is 0 Å². The Morgan fingerprint density at radius 2 is 2.17 bits per heavy atom. The van der Waals surface area contributed by atoms with Crippen molar-refractivity contribution in [2.24, 2.45) is 5.84 Å². The fourth-order valence-corrected chi connectivity index (χ4v) is 1.62. The van der Waals surface area contributed by atoms with Gasteiger partial charge >= 0.3 is 0 Å². The summed E-state index contributed by atoms with van der Waals surface area (Å²) < 4.78 is 0. The van der Waals surface area contributed by atoms with Crippen molar-refractivity contribution < 1.29 is 4.79 Å². The maximum Gasteiger partial charge on any atom is 0.284 e. The van der Waals surface area contributed by atoms with Crippen LogP contribution in [0.1, 0.15) is 20.4 Å². The van der Waals surface area contributed by atoms with Gasteiger partial charge in [-0.05, 0) is 13.8 Å². The number of amides is 1. The van der Waals surface area contributed by atoms with Gasteiger partial charge in [-0.1, -0.05) is 0 Å². The number of nitrogen functional groups attached to an aromatic ring is 1. The number of halogens is 1. The SMILES string of the molecule is Cc1nc(C(=O)NN)c(C)s1.Cl. The molecule has 0 spiro atoms. The molecule has 3 N–H and O–H groups in total. The highest BCUT2D eigenvalue weighted by atomic mass is 35.5. The van der Waals surface area contributed by atoms with E-state index in [0.717, 1.165) is 9.88 Å². The zero-order chi connectivity index (χ0) is 8.43. The third-order valence-electron chi connectivity index (χ3n) is 1.25. The van der Waals surface area contributed by atoms with E-state index in [4.69, 9.17) is 5.84 Å². The quantitative estimate of drug-likeness (QED) is 0.406. The minimum absolute atomic E-state index is 0. The highest BCUT2D eigenvalue weighted by Crippen LogP contribution is 2.15. The molecule has 0 aliphatic carbocycles. The van der Waals surface area contributed by atoms with Crippen molar-refractivity contribution in [3.05, 3.63) is 15.6 Å². The molecule has 0 bridgehead atoms. The lowest BCUT2D eigenvalue weighted by Gasteiger charge is -1.93. The van der Waals surface area contributed by atoms with Crippen molar-refractivity contribution in [2.45, 2.75) is 13.8 Å². The molecular weight excluding hydrogens is 198 g/mol. The van der Waals surface area contributed by atoms with Gasteiger partial charge in [-0.25, -0.2) is 10.8 Å². The second kappa shape index (κ2) is 4.39. The van der Waals surface area contributed by atoms with Gasteiger partial charge in [0.25, 0.3) is 5.91 Å². The van der Waals surface area contributed by atoms with Crippen LogP contribution in [0.25, 0.3) is 0 Å². The number of hydrogen-bond donors (Lipinski definition) is 2. The molecule has 6 heteroatoms. The Balaban J connectivity index is 0.00000121. The van der Waals surface area contributed by atoms with E-state index in [1.54, 1.807) is 0 Å². The topological polar surface area (TPSA) is 68.0 Å². The lowest BCUT2D eigenvalue weighted by atomic mass is 10.4. The Morgan fingerprint density at radius 1 is 1.58 bits per heavy atom. The first kappa shape index (κ1) is 11.4. The fourth-order valence-electron chi connectivity index (χ4n) is 0.808. The van der Waals surface area contributed by atoms with Gasteiger partial charge in [0.2, 0.25) is 0 Å². The number of aryl methyl sites for hydroxylation is 2. The van der Waals surface area contributed by atoms with E-state index < -0.39 is 0 Å². The van der Waals surface area contributed by atoms with Gasteiger partial charge in [0, 0.05) is 4.88 Å². The van der Waals surface area contributed by atoms with Crippen LogP contribution in [0.5, 0.6) is 0 Å². The number of carbonyl (C=O) groups excluding carboxylic acids is 1. The number of nitrogens with two attached hydrogens (primary N) is 1. The van der Waals surface area contributed by atoms with Gasteiger partial charge < -0.3 is 0 Å². The molecule has 0 fully saturated rings. The lowest BCUT2D eigenvalue weighted by Crippen LogP contribution is -2.30. The molecule has 1 rings (SSSR count). The molecule has 12 heavy (non-hydrogen) atoms. The van der Waals surface area contributed by atoms with Crippen molar-refractivity contribution in [1.29, 1.82) is 0 Å². The molecule has 1 aromatic rings. The fraction of sp³-hybridized carbons (Fsp3) is 0.333. The van der Waals surface area contributed by atoms with E-state index in [1.807, 2.05) is 19.3 Å². The Morgan fingerprint density at radius 3 is 2.50 bits per heavy atom. The van der Waals surface area contributed by atoms with Crippen LogP contribution in [-0.4, -0.2) is 10.9 Å². The van der Waals surface area contributed by atoms with Crippen molar-refractivity contribution in [3.8, 4) is 0 Å². The van der Waals surface area contributed by atoms with Crippen LogP contribution in [0.15, 0.2) is 0 Å². The average molecular weight is 208 g/mol. The van der Waals surface area contributed by atoms with E-state index in [2.05, 4.69) is 4.98 Å². The third-order valence-corrected chi connectivity index (χ3v) is 2.14. The molecular formula is C6H10ClN3OS. The first-order chi connectivity index (χ1) is 5.15. The smallest absolute Gasteiger partial charge is 0.284 e. The summed E-state index contributed by atoms with van der Waals surface area (Å²) in [5.41, 5.74) is 2.47. The largest absolute Gasteiger partial charge is 0.289 e. The predicted octanol–water partition coefficient (Wildman–Crippen LogP) is 0.785. The summed E-state index contributed by atoms with van der Waals surface area (Å²) in [6, 6.07) is 0. The molecule has 0 radical (unpaired) electrons. The summed E-state index contributed by atoms with van der Waals surface area (Å²) >= 11 is 1.49. The monoisotopic (exact) mass is 207 g/mol. The molecule has 0 aliphatic rings. The number of rotatable bonds is 1. The number of hydrazine groups is 1. The van der Waals surface area contributed by atoms with Gasteiger partial charge in [-0.2, -0.15) is 0 Å². The molecule has 0 saturated carbocycles. The highest BCUT2D eigenvalue weighted by molar-refractivity contribution is 7.11. The van der Waals surface area contributed by atoms with Crippen LogP contribution in [0.3, 0.4) is 0 Å². The zero-order valence-electron chi connectivity index (χ0n) is 6.75. The summed E-state index contributed by atoms with van der Waals surface area (Å²) in [5, 5.41) is 0.876. The van der Waals surface area contributed by atoms with Gasteiger partial charge in [0.05, 0.1) is 5.01 Å². The molecule has 0 aliphatic heterocycles. The second-order valence-electron chi connectivity index (χ2n) is 2.11. The van der Waals surface area contributed by atoms with Crippen LogP contribution in [-0.2, 0) is 0 Å². The minimum atomic E-state index is -0.327. The first-order valence-electron chi connectivity index (χ1n) is 3.10. The lowest BCUT2D eigenvalue weighted by molar-refractivity contribution is 0.0948. The first-order valence-corrected chi connectivity index (χ1v) is 3.91. The summed E-state index contributed by atoms with van der Waals surface area (Å²) in [6.07, 6.45) is 0. The molecule has 4 nitrogen and oxygen atoms in total. The van der Waals surface area contributed by atoms with E-state index in [9.17, 15) is 4.79 Å². The molecule has 0 aromatic carbocycles. The van der Waals surface area contributed by atoms with E-state index >= 15 is 0 Å². The number of carbonyl (C=O) groups is 1. The summed E-state index contributed by atoms with van der Waals surface area (Å²) in [7, 11) is 0. The number of thiazole rings is 1. The highest BCUT2D eigenvalue weighted by Gasteiger charge is 2.11. The zero-order valence-corrected chi connectivity index (χ0v) is 8.38. The minimum Gasteiger partial charge on any atom is -0.289 e. The standard InChI is InChI=1S/C6H9N3OS.ClH/c1-3-5(6(10)9-7)8-4(2)11-3;/h7H2,1-2H3,(H,9,10);1H. The molecule has 1 aromatic heterocycles. The molecule has 1 heterocycles. The van der Waals surface area contributed by atoms with Crippen molar-refractivity contribution >= 4 is 29.7 Å². The third kappa shape index (κ3) is 2.17. The van der Waals surface area contributed by atoms with E-state index in [0.29, 0.717) is 5.69 Å². The Hall–Kier alpha value is -0.650. The number of aromatic nitrogens is 1. The maximum absolute atomic E-state index is 11.0. The van der Waals surface area contributed by atoms with Gasteiger partial charge in [-0.3, -0.25) is 10.2 Å². The molecule has 0 saturated heterocycles. The number of nitrogens with one attached hydrogen (secondary N) is 1. The average Bonchev–Trinajstić information content (AvgIpc) is 2.28. The van der Waals surface area contributed by atoms with Crippen molar-refractivity contribution in [2.75, 3.05) is 0 Å². The molecule has 0 unspecified atom stereocenters. The van der Waals surface area contributed by atoms with Gasteiger partial charge in [0.1, 0.15) is 5.69 Å². The predicted molar refractivity (Wildman–Crippen MR) is 50.5 cm³/mol. The Labute approximate surface area is 80.6 Å². The number of nitrogens with zero attached hydrogens (tertiary/aromatic N) is 1. The molecule has 68 valence electrons. The van der Waals surface area contributed by atoms with Crippen molar-refractivity contribution in [1.82, 2.24) is 10.4 Å². The van der Waals surface area contributed by atoms with Crippen LogP contribution in [0.4, 0.5) is 0 Å². The molecule has 1 amide bonds. The van der Waals surface area contributed by atoms with Crippen molar-refractivity contribution in [3.63, 3.8) is 0 Å². The van der Waals surface area contributed by atoms with Crippen LogP contribution >= 0.6 is 23.7 Å². The van der Waals surface area contributed by atoms with Gasteiger partial charge in [-0.15, -0.1) is 23.7 Å². The second-order valence-corrected chi connectivity index (χ2v) is 3.52. The summed E-state index contributed by atoms with van der Waals surface area (Å²) in [6.45, 7) is 3.69. The van der Waals surface area contributed by atoms with Crippen LogP contribution < -0.4 is 11.3 Å². The maximum atomic E-state index is 11.0. The summed E-state index contributed by atoms with van der Waals surface area (Å²) in [4.78, 5) is 15.9. The number of hydrogen-bond acceptors (Lipinski definition) is 4.